The van der Waals surface area contributed by atoms with Crippen molar-refractivity contribution in [1.82, 2.24) is 0 Å². The van der Waals surface area contributed by atoms with Crippen LogP contribution in [0.25, 0.3) is 0 Å². The molecule has 0 aromatic rings. The van der Waals surface area contributed by atoms with Gasteiger partial charge in [-0.05, 0) is 38.5 Å². The number of esters is 2. The Morgan fingerprint density at radius 3 is 1.46 bits per heavy atom. The summed E-state index contributed by atoms with van der Waals surface area (Å²) in [6.45, 7) is 7.68. The largest absolute Gasteiger partial charge is 0.458 e. The lowest BCUT2D eigenvalue weighted by Crippen LogP contribution is -2.04. The van der Waals surface area contributed by atoms with Gasteiger partial charge in [0.2, 0.25) is 0 Å². The van der Waals surface area contributed by atoms with E-state index in [1.165, 1.54) is 0 Å². The Bertz CT molecular complexity index is 416. The molecule has 0 N–H and O–H groups in total. The van der Waals surface area contributed by atoms with Crippen molar-refractivity contribution in [2.45, 2.75) is 38.5 Å². The van der Waals surface area contributed by atoms with Crippen LogP contribution in [0.5, 0.6) is 0 Å². The van der Waals surface area contributed by atoms with E-state index in [0.29, 0.717) is 0 Å². The zero-order valence-corrected chi connectivity index (χ0v) is 14.3. The average Bonchev–Trinajstić information content (AvgIpc) is 2.58. The Hall–Kier alpha value is -2.36. The molecule has 0 spiro atoms. The lowest BCUT2D eigenvalue weighted by Gasteiger charge is -1.98. The summed E-state index contributed by atoms with van der Waals surface area (Å²) >= 11 is 0. The first-order valence-electron chi connectivity index (χ1n) is 8.24. The van der Waals surface area contributed by atoms with Crippen molar-refractivity contribution in [2.24, 2.45) is 0 Å². The highest BCUT2D eigenvalue weighted by molar-refractivity contribution is 5.91. The highest BCUT2D eigenvalue weighted by Crippen LogP contribution is 1.97. The lowest BCUT2D eigenvalue weighted by atomic mass is 10.2. The van der Waals surface area contributed by atoms with E-state index in [2.05, 4.69) is 13.2 Å². The van der Waals surface area contributed by atoms with Crippen molar-refractivity contribution in [3.8, 4) is 0 Å². The van der Waals surface area contributed by atoms with Gasteiger partial charge in [-0.15, -0.1) is 13.2 Å². The molecule has 132 valence electrons. The van der Waals surface area contributed by atoms with Crippen LogP contribution in [-0.2, 0) is 19.1 Å². The molecular weight excluding hydrogens is 304 g/mol. The number of hydrogen-bond donors (Lipinski definition) is 0. The molecule has 0 aromatic carbocycles. The summed E-state index contributed by atoms with van der Waals surface area (Å²) in [6.07, 6.45) is 19.2. The fraction of sp³-hybridized carbons (Fsp3) is 0.400. The standard InChI is InChI=1S/C20H28O4/c1-3-5-7-9-11-13-17-23-19(21)15-16-20(22)24-18-14-12-10-8-6-4-2/h3-4,11-16H,1-2,5-10,17-18H2/b13-11+,14-12+,16-15-. The molecule has 0 bridgehead atoms. The maximum Gasteiger partial charge on any atom is 0.331 e. The van der Waals surface area contributed by atoms with Gasteiger partial charge >= 0.3 is 11.9 Å². The third-order valence-electron chi connectivity index (χ3n) is 2.89. The summed E-state index contributed by atoms with van der Waals surface area (Å²) in [5.41, 5.74) is 0. The molecule has 4 nitrogen and oxygen atoms in total. The minimum absolute atomic E-state index is 0.194. The molecule has 4 heteroatoms. The van der Waals surface area contributed by atoms with Gasteiger partial charge in [0.15, 0.2) is 0 Å². The van der Waals surface area contributed by atoms with Crippen molar-refractivity contribution >= 4 is 11.9 Å². The van der Waals surface area contributed by atoms with Gasteiger partial charge in [-0.3, -0.25) is 0 Å². The molecular formula is C20H28O4. The molecule has 0 aliphatic heterocycles. The van der Waals surface area contributed by atoms with Crippen molar-refractivity contribution in [2.75, 3.05) is 13.2 Å². The van der Waals surface area contributed by atoms with Gasteiger partial charge in [0.1, 0.15) is 13.2 Å². The minimum Gasteiger partial charge on any atom is -0.458 e. The topological polar surface area (TPSA) is 52.6 Å². The lowest BCUT2D eigenvalue weighted by molar-refractivity contribution is -0.139. The second-order valence-corrected chi connectivity index (χ2v) is 4.98. The van der Waals surface area contributed by atoms with Gasteiger partial charge in [0, 0.05) is 12.2 Å². The smallest absolute Gasteiger partial charge is 0.331 e. The van der Waals surface area contributed by atoms with E-state index in [0.717, 1.165) is 50.7 Å². The predicted molar refractivity (Wildman–Crippen MR) is 97.4 cm³/mol. The number of allylic oxidation sites excluding steroid dienone is 4. The Morgan fingerprint density at radius 1 is 0.667 bits per heavy atom. The van der Waals surface area contributed by atoms with Gasteiger partial charge in [0.25, 0.3) is 0 Å². The number of carbonyl (C=O) groups is 2. The molecule has 0 saturated carbocycles. The normalized spacial score (nSPS) is 11.2. The van der Waals surface area contributed by atoms with Gasteiger partial charge in [-0.2, -0.15) is 0 Å². The van der Waals surface area contributed by atoms with Crippen LogP contribution in [0, 0.1) is 0 Å². The third kappa shape index (κ3) is 16.0. The van der Waals surface area contributed by atoms with E-state index in [9.17, 15) is 9.59 Å². The van der Waals surface area contributed by atoms with Gasteiger partial charge in [-0.1, -0.05) is 36.5 Å². The average molecular weight is 332 g/mol. The summed E-state index contributed by atoms with van der Waals surface area (Å²) < 4.78 is 9.83. The minimum atomic E-state index is -0.567. The fourth-order valence-electron chi connectivity index (χ4n) is 1.62. The molecule has 0 radical (unpaired) electrons. The van der Waals surface area contributed by atoms with Crippen LogP contribution in [-0.4, -0.2) is 25.2 Å². The van der Waals surface area contributed by atoms with Crippen LogP contribution in [0.1, 0.15) is 38.5 Å². The van der Waals surface area contributed by atoms with Crippen LogP contribution < -0.4 is 0 Å². The summed E-state index contributed by atoms with van der Waals surface area (Å²) in [4.78, 5) is 22.7. The number of hydrogen-bond acceptors (Lipinski definition) is 4. The van der Waals surface area contributed by atoms with Crippen molar-refractivity contribution < 1.29 is 19.1 Å². The van der Waals surface area contributed by atoms with Crippen molar-refractivity contribution in [3.63, 3.8) is 0 Å². The molecule has 0 rings (SSSR count). The zero-order valence-electron chi connectivity index (χ0n) is 14.3. The van der Waals surface area contributed by atoms with Crippen LogP contribution in [0.4, 0.5) is 0 Å². The maximum absolute atomic E-state index is 11.4. The monoisotopic (exact) mass is 332 g/mol. The molecule has 0 aliphatic carbocycles. The van der Waals surface area contributed by atoms with Crippen molar-refractivity contribution in [3.05, 3.63) is 61.8 Å². The molecule has 0 saturated heterocycles. The van der Waals surface area contributed by atoms with E-state index in [4.69, 9.17) is 9.47 Å². The highest BCUT2D eigenvalue weighted by Gasteiger charge is 1.99. The van der Waals surface area contributed by atoms with E-state index in [1.54, 1.807) is 12.2 Å². The molecule has 0 heterocycles. The third-order valence-corrected chi connectivity index (χ3v) is 2.89. The molecule has 0 aromatic heterocycles. The Balaban J connectivity index is 3.71. The van der Waals surface area contributed by atoms with Crippen LogP contribution >= 0.6 is 0 Å². The molecule has 0 aliphatic rings. The summed E-state index contributed by atoms with van der Waals surface area (Å²) in [5.74, 6) is -1.13. The summed E-state index contributed by atoms with van der Waals surface area (Å²) in [6, 6.07) is 0. The Kier molecular flexibility index (Phi) is 15.3. The molecule has 0 atom stereocenters. The maximum atomic E-state index is 11.4. The number of unbranched alkanes of at least 4 members (excludes halogenated alkanes) is 4. The van der Waals surface area contributed by atoms with Crippen LogP contribution in [0.15, 0.2) is 61.8 Å². The van der Waals surface area contributed by atoms with E-state index in [1.807, 2.05) is 24.3 Å². The van der Waals surface area contributed by atoms with Crippen molar-refractivity contribution in [1.29, 1.82) is 0 Å². The quantitative estimate of drug-likeness (QED) is 0.204. The second-order valence-electron chi connectivity index (χ2n) is 4.98. The number of ether oxygens (including phenoxy) is 2. The molecule has 0 fully saturated rings. The van der Waals surface area contributed by atoms with Crippen LogP contribution in [0.3, 0.4) is 0 Å². The van der Waals surface area contributed by atoms with Crippen LogP contribution in [0.2, 0.25) is 0 Å². The van der Waals surface area contributed by atoms with E-state index < -0.39 is 11.9 Å². The summed E-state index contributed by atoms with van der Waals surface area (Å²) in [5, 5.41) is 0. The Labute approximate surface area is 145 Å². The predicted octanol–water partition coefficient (Wildman–Crippen LogP) is 4.45. The first-order chi connectivity index (χ1) is 11.7. The van der Waals surface area contributed by atoms with E-state index >= 15 is 0 Å². The fourth-order valence-corrected chi connectivity index (χ4v) is 1.62. The second kappa shape index (κ2) is 17.0. The highest BCUT2D eigenvalue weighted by atomic mass is 16.5. The number of rotatable bonds is 14. The SMILES string of the molecule is C=CCCC/C=C/COC(=O)/C=C\C(=O)OC/C=C/CCCC=C. The molecule has 0 unspecified atom stereocenters. The number of carbonyl (C=O) groups excluding carboxylic acids is 2. The summed E-state index contributed by atoms with van der Waals surface area (Å²) in [7, 11) is 0. The van der Waals surface area contributed by atoms with Gasteiger partial charge in [-0.25, -0.2) is 9.59 Å². The molecule has 24 heavy (non-hydrogen) atoms. The van der Waals surface area contributed by atoms with E-state index in [-0.39, 0.29) is 13.2 Å². The Morgan fingerprint density at radius 2 is 1.08 bits per heavy atom. The first-order valence-corrected chi connectivity index (χ1v) is 8.24. The first kappa shape index (κ1) is 21.6. The zero-order chi connectivity index (χ0) is 17.9. The molecule has 0 amide bonds. The van der Waals surface area contributed by atoms with Gasteiger partial charge in [0.05, 0.1) is 0 Å². The van der Waals surface area contributed by atoms with Gasteiger partial charge < -0.3 is 9.47 Å².